The number of carboxylic acid groups (broad SMARTS) is 1. The Morgan fingerprint density at radius 1 is 0.409 bits per heavy atom. The van der Waals surface area contributed by atoms with Gasteiger partial charge in [0.15, 0.2) is 0 Å². The van der Waals surface area contributed by atoms with Crippen molar-refractivity contribution in [3.05, 3.63) is 0 Å². The number of unbranched alkanes of at least 4 members (excludes halogenated alkanes) is 28. The van der Waals surface area contributed by atoms with Crippen molar-refractivity contribution >= 4 is 5.97 Å². The lowest BCUT2D eigenvalue weighted by Gasteiger charge is -2.30. The first-order chi connectivity index (χ1) is 21.5. The Kier molecular flexibility index (Phi) is 33.4. The zero-order valence-corrected chi connectivity index (χ0v) is 31.2. The van der Waals surface area contributed by atoms with Crippen molar-refractivity contribution in [1.82, 2.24) is 0 Å². The van der Waals surface area contributed by atoms with Crippen LogP contribution in [0.5, 0.6) is 0 Å². The van der Waals surface area contributed by atoms with E-state index in [1.54, 1.807) is 0 Å². The number of aliphatic carboxylic acids is 1. The van der Waals surface area contributed by atoms with E-state index in [0.29, 0.717) is 5.92 Å². The molecule has 2 nitrogen and oxygen atoms in total. The summed E-state index contributed by atoms with van der Waals surface area (Å²) in [4.78, 5) is 12.7. The Bertz CT molecular complexity index is 570. The van der Waals surface area contributed by atoms with Crippen molar-refractivity contribution in [2.45, 2.75) is 252 Å². The lowest BCUT2D eigenvalue weighted by Crippen LogP contribution is -2.31. The molecule has 264 valence electrons. The lowest BCUT2D eigenvalue weighted by molar-refractivity contribution is -0.150. The van der Waals surface area contributed by atoms with Crippen LogP contribution in [0.25, 0.3) is 0 Å². The summed E-state index contributed by atoms with van der Waals surface area (Å²) in [6.45, 7) is 9.12. The van der Waals surface area contributed by atoms with Gasteiger partial charge in [0.2, 0.25) is 0 Å². The third kappa shape index (κ3) is 28.9. The van der Waals surface area contributed by atoms with Crippen LogP contribution in [-0.4, -0.2) is 11.1 Å². The molecule has 0 saturated heterocycles. The van der Waals surface area contributed by atoms with Crippen molar-refractivity contribution < 1.29 is 9.90 Å². The van der Waals surface area contributed by atoms with E-state index in [0.717, 1.165) is 44.9 Å². The molecule has 0 aromatic carbocycles. The SMILES string of the molecule is CCCCCCCCCCCCCCCCCCC(CCCCCCCCCCCCCCCC)(CCCC(C)C)C(=O)O. The Labute approximate surface area is 279 Å². The largest absolute Gasteiger partial charge is 0.481 e. The van der Waals surface area contributed by atoms with Gasteiger partial charge in [0.05, 0.1) is 5.41 Å². The summed E-state index contributed by atoms with van der Waals surface area (Å²) < 4.78 is 0. The van der Waals surface area contributed by atoms with Gasteiger partial charge in [-0.3, -0.25) is 4.79 Å². The van der Waals surface area contributed by atoms with Gasteiger partial charge in [0.25, 0.3) is 0 Å². The number of carbonyl (C=O) groups is 1. The molecule has 0 aromatic heterocycles. The second-order valence-corrected chi connectivity index (χ2v) is 15.3. The van der Waals surface area contributed by atoms with Gasteiger partial charge >= 0.3 is 5.97 Å². The summed E-state index contributed by atoms with van der Waals surface area (Å²) in [5.74, 6) is 0.162. The highest BCUT2D eigenvalue weighted by atomic mass is 16.4. The standard InChI is InChI=1S/C42H84O2/c1-5-7-9-11-13-15-17-19-21-22-24-26-28-30-32-34-38-42(41(43)44,39-35-36-40(3)4)37-33-31-29-27-25-23-20-18-16-14-12-10-8-6-2/h40H,5-39H2,1-4H3,(H,43,44). The summed E-state index contributed by atoms with van der Waals surface area (Å²) in [5, 5.41) is 10.4. The molecule has 0 radical (unpaired) electrons. The summed E-state index contributed by atoms with van der Waals surface area (Å²) in [6.07, 6.45) is 45.9. The number of hydrogen-bond acceptors (Lipinski definition) is 1. The molecule has 44 heavy (non-hydrogen) atoms. The van der Waals surface area contributed by atoms with Crippen LogP contribution < -0.4 is 0 Å². The summed E-state index contributed by atoms with van der Waals surface area (Å²) in [5.41, 5.74) is -0.470. The van der Waals surface area contributed by atoms with Crippen molar-refractivity contribution in [1.29, 1.82) is 0 Å². The van der Waals surface area contributed by atoms with E-state index in [4.69, 9.17) is 0 Å². The van der Waals surface area contributed by atoms with Crippen molar-refractivity contribution in [3.8, 4) is 0 Å². The third-order valence-electron chi connectivity index (χ3n) is 10.4. The molecule has 0 heterocycles. The Morgan fingerprint density at radius 2 is 0.636 bits per heavy atom. The van der Waals surface area contributed by atoms with Gasteiger partial charge in [0.1, 0.15) is 0 Å². The third-order valence-corrected chi connectivity index (χ3v) is 10.4. The van der Waals surface area contributed by atoms with Gasteiger partial charge in [-0.1, -0.05) is 233 Å². The van der Waals surface area contributed by atoms with E-state index in [1.807, 2.05) is 0 Å². The van der Waals surface area contributed by atoms with Crippen LogP contribution in [0.1, 0.15) is 252 Å². The number of hydrogen-bond donors (Lipinski definition) is 1. The summed E-state index contributed by atoms with van der Waals surface area (Å²) >= 11 is 0. The smallest absolute Gasteiger partial charge is 0.309 e. The van der Waals surface area contributed by atoms with E-state index >= 15 is 0 Å². The monoisotopic (exact) mass is 621 g/mol. The normalized spacial score (nSPS) is 13.1. The molecular weight excluding hydrogens is 536 g/mol. The highest BCUT2D eigenvalue weighted by Crippen LogP contribution is 2.38. The number of carboxylic acids is 1. The molecule has 0 bridgehead atoms. The molecule has 0 rings (SSSR count). The quantitative estimate of drug-likeness (QED) is 0.0701. The fraction of sp³-hybridized carbons (Fsp3) is 0.976. The highest BCUT2D eigenvalue weighted by molar-refractivity contribution is 5.74. The van der Waals surface area contributed by atoms with Gasteiger partial charge in [-0.05, 0) is 25.2 Å². The van der Waals surface area contributed by atoms with E-state index in [2.05, 4.69) is 27.7 Å². The van der Waals surface area contributed by atoms with E-state index < -0.39 is 11.4 Å². The zero-order valence-electron chi connectivity index (χ0n) is 31.2. The minimum atomic E-state index is -0.503. The molecule has 1 unspecified atom stereocenters. The average molecular weight is 621 g/mol. The summed E-state index contributed by atoms with van der Waals surface area (Å²) in [7, 11) is 0. The van der Waals surface area contributed by atoms with Crippen LogP contribution in [0, 0.1) is 11.3 Å². The zero-order chi connectivity index (χ0) is 32.4. The highest BCUT2D eigenvalue weighted by Gasteiger charge is 2.36. The maximum absolute atomic E-state index is 12.7. The second-order valence-electron chi connectivity index (χ2n) is 15.3. The minimum absolute atomic E-state index is 0.470. The van der Waals surface area contributed by atoms with Crippen LogP contribution in [0.15, 0.2) is 0 Å². The van der Waals surface area contributed by atoms with Gasteiger partial charge < -0.3 is 5.11 Å². The average Bonchev–Trinajstić information content (AvgIpc) is 3.00. The molecule has 2 heteroatoms. The molecule has 0 aromatic rings. The van der Waals surface area contributed by atoms with E-state index in [1.165, 1.54) is 180 Å². The van der Waals surface area contributed by atoms with Gasteiger partial charge in [-0.25, -0.2) is 0 Å². The molecule has 1 atom stereocenters. The Morgan fingerprint density at radius 3 is 0.864 bits per heavy atom. The maximum Gasteiger partial charge on any atom is 0.309 e. The molecule has 0 aliphatic heterocycles. The molecule has 0 aliphatic rings. The van der Waals surface area contributed by atoms with Crippen LogP contribution >= 0.6 is 0 Å². The lowest BCUT2D eigenvalue weighted by atomic mass is 9.73. The van der Waals surface area contributed by atoms with Crippen LogP contribution in [0.2, 0.25) is 0 Å². The first-order valence-electron chi connectivity index (χ1n) is 20.7. The van der Waals surface area contributed by atoms with Crippen molar-refractivity contribution in [2.24, 2.45) is 11.3 Å². The number of rotatable bonds is 37. The van der Waals surface area contributed by atoms with E-state index in [-0.39, 0.29) is 0 Å². The Hall–Kier alpha value is -0.530. The van der Waals surface area contributed by atoms with Gasteiger partial charge in [-0.2, -0.15) is 0 Å². The molecular formula is C42H84O2. The van der Waals surface area contributed by atoms with Gasteiger partial charge in [0, 0.05) is 0 Å². The predicted octanol–water partition coefficient (Wildman–Crippen LogP) is 15.4. The molecule has 0 saturated carbocycles. The fourth-order valence-corrected chi connectivity index (χ4v) is 7.21. The van der Waals surface area contributed by atoms with E-state index in [9.17, 15) is 9.90 Å². The van der Waals surface area contributed by atoms with Crippen LogP contribution in [0.4, 0.5) is 0 Å². The molecule has 1 N–H and O–H groups in total. The minimum Gasteiger partial charge on any atom is -0.481 e. The van der Waals surface area contributed by atoms with Crippen molar-refractivity contribution in [2.75, 3.05) is 0 Å². The summed E-state index contributed by atoms with van der Waals surface area (Å²) in [6, 6.07) is 0. The van der Waals surface area contributed by atoms with Crippen LogP contribution in [0.3, 0.4) is 0 Å². The van der Waals surface area contributed by atoms with Gasteiger partial charge in [-0.15, -0.1) is 0 Å². The van der Waals surface area contributed by atoms with Crippen molar-refractivity contribution in [3.63, 3.8) is 0 Å². The molecule has 0 fully saturated rings. The first kappa shape index (κ1) is 43.5. The topological polar surface area (TPSA) is 37.3 Å². The second kappa shape index (κ2) is 33.8. The predicted molar refractivity (Wildman–Crippen MR) is 198 cm³/mol. The molecule has 0 aliphatic carbocycles. The van der Waals surface area contributed by atoms with Crippen LogP contribution in [-0.2, 0) is 4.79 Å². The Balaban J connectivity index is 4.05. The maximum atomic E-state index is 12.7. The molecule has 0 spiro atoms. The fourth-order valence-electron chi connectivity index (χ4n) is 7.21. The first-order valence-corrected chi connectivity index (χ1v) is 20.7. The molecule has 0 amide bonds.